The summed E-state index contributed by atoms with van der Waals surface area (Å²) in [4.78, 5) is 33.0. The van der Waals surface area contributed by atoms with Crippen LogP contribution in [0.15, 0.2) is 88.5 Å². The van der Waals surface area contributed by atoms with Crippen molar-refractivity contribution < 1.29 is 14.2 Å². The molecule has 5 rings (SSSR count). The zero-order chi connectivity index (χ0) is 26.5. The number of ether oxygens (including phenoxy) is 3. The molecule has 0 spiro atoms. The molecule has 9 heteroatoms. The Kier molecular flexibility index (Phi) is 7.37. The zero-order valence-corrected chi connectivity index (χ0v) is 21.2. The van der Waals surface area contributed by atoms with Crippen LogP contribution in [0.5, 0.6) is 11.5 Å². The lowest BCUT2D eigenvalue weighted by Crippen LogP contribution is -2.32. The molecule has 5 aromatic rings. The second kappa shape index (κ2) is 11.2. The van der Waals surface area contributed by atoms with E-state index in [9.17, 15) is 9.59 Å². The van der Waals surface area contributed by atoms with Crippen LogP contribution in [0, 0.1) is 0 Å². The third kappa shape index (κ3) is 5.09. The van der Waals surface area contributed by atoms with Crippen molar-refractivity contribution in [3.05, 3.63) is 111 Å². The minimum absolute atomic E-state index is 0.250. The van der Waals surface area contributed by atoms with Crippen molar-refractivity contribution in [2.24, 2.45) is 0 Å². The average Bonchev–Trinajstić information content (AvgIpc) is 3.32. The average molecular weight is 513 g/mol. The molecule has 9 nitrogen and oxygen atoms in total. The number of rotatable bonds is 10. The largest absolute Gasteiger partial charge is 0.493 e. The Morgan fingerprint density at radius 3 is 2.24 bits per heavy atom. The van der Waals surface area contributed by atoms with Crippen molar-refractivity contribution in [3.63, 3.8) is 0 Å². The highest BCUT2D eigenvalue weighted by molar-refractivity contribution is 5.78. The molecule has 0 bridgehead atoms. The van der Waals surface area contributed by atoms with Gasteiger partial charge in [0.1, 0.15) is 12.4 Å². The smallest absolute Gasteiger partial charge is 0.330 e. The number of fused-ring (bicyclic) bond motifs is 1. The molecule has 0 aliphatic rings. The van der Waals surface area contributed by atoms with Crippen molar-refractivity contribution in [2.75, 3.05) is 20.8 Å². The molecule has 0 saturated heterocycles. The van der Waals surface area contributed by atoms with Crippen LogP contribution in [-0.2, 0) is 24.4 Å². The Labute approximate surface area is 218 Å². The monoisotopic (exact) mass is 512 g/mol. The van der Waals surface area contributed by atoms with Crippen LogP contribution in [-0.4, -0.2) is 39.9 Å². The van der Waals surface area contributed by atoms with Crippen molar-refractivity contribution in [1.29, 1.82) is 0 Å². The molecule has 0 atom stereocenters. The molecule has 38 heavy (non-hydrogen) atoms. The number of nitrogens with zero attached hydrogens (tertiary/aromatic N) is 3. The molecule has 0 amide bonds. The van der Waals surface area contributed by atoms with Crippen LogP contribution in [0.25, 0.3) is 22.6 Å². The number of benzene rings is 3. The van der Waals surface area contributed by atoms with Crippen molar-refractivity contribution in [3.8, 4) is 22.9 Å². The van der Waals surface area contributed by atoms with E-state index in [1.807, 2.05) is 83.4 Å². The van der Waals surface area contributed by atoms with Crippen molar-refractivity contribution >= 4 is 11.2 Å². The van der Waals surface area contributed by atoms with Gasteiger partial charge in [0.15, 0.2) is 22.7 Å². The SMILES string of the molecule is COCCn1c(=O)[nH]c(=O)c2c1nc(-c1ccc(OCc3ccccc3)c(OC)c1)n2Cc1ccccc1. The van der Waals surface area contributed by atoms with E-state index in [4.69, 9.17) is 19.2 Å². The van der Waals surface area contributed by atoms with E-state index in [1.165, 1.54) is 4.57 Å². The summed E-state index contributed by atoms with van der Waals surface area (Å²) >= 11 is 0. The number of hydrogen-bond donors (Lipinski definition) is 1. The fraction of sp³-hybridized carbons (Fsp3) is 0.207. The van der Waals surface area contributed by atoms with Gasteiger partial charge >= 0.3 is 5.69 Å². The predicted octanol–water partition coefficient (Wildman–Crippen LogP) is 3.84. The van der Waals surface area contributed by atoms with Crippen molar-refractivity contribution in [2.45, 2.75) is 19.7 Å². The molecule has 0 saturated carbocycles. The maximum absolute atomic E-state index is 13.1. The van der Waals surface area contributed by atoms with Crippen LogP contribution >= 0.6 is 0 Å². The second-order valence-corrected chi connectivity index (χ2v) is 8.72. The number of nitrogens with one attached hydrogen (secondary N) is 1. The summed E-state index contributed by atoms with van der Waals surface area (Å²) in [5.74, 6) is 1.64. The highest BCUT2D eigenvalue weighted by atomic mass is 16.5. The first-order valence-electron chi connectivity index (χ1n) is 12.2. The van der Waals surface area contributed by atoms with Gasteiger partial charge in [-0.2, -0.15) is 0 Å². The third-order valence-electron chi connectivity index (χ3n) is 6.25. The van der Waals surface area contributed by atoms with Crippen LogP contribution in [0.1, 0.15) is 11.1 Å². The predicted molar refractivity (Wildman–Crippen MR) is 145 cm³/mol. The minimum Gasteiger partial charge on any atom is -0.493 e. The van der Waals surface area contributed by atoms with Crippen LogP contribution in [0.3, 0.4) is 0 Å². The molecule has 0 aliphatic carbocycles. The van der Waals surface area contributed by atoms with Gasteiger partial charge in [0.05, 0.1) is 20.3 Å². The number of aromatic nitrogens is 4. The third-order valence-corrected chi connectivity index (χ3v) is 6.25. The van der Waals surface area contributed by atoms with Gasteiger partial charge in [-0.3, -0.25) is 14.3 Å². The van der Waals surface area contributed by atoms with Gasteiger partial charge in [-0.05, 0) is 29.3 Å². The normalized spacial score (nSPS) is 11.1. The highest BCUT2D eigenvalue weighted by Gasteiger charge is 2.21. The summed E-state index contributed by atoms with van der Waals surface area (Å²) in [6.07, 6.45) is 0. The number of aromatic amines is 1. The van der Waals surface area contributed by atoms with Gasteiger partial charge in [-0.1, -0.05) is 60.7 Å². The van der Waals surface area contributed by atoms with Crippen molar-refractivity contribution in [1.82, 2.24) is 19.1 Å². The summed E-state index contributed by atoms with van der Waals surface area (Å²) in [5.41, 5.74) is 2.31. The van der Waals surface area contributed by atoms with Crippen LogP contribution in [0.2, 0.25) is 0 Å². The van der Waals surface area contributed by atoms with E-state index >= 15 is 0 Å². The molecule has 0 unspecified atom stereocenters. The number of imidazole rings is 1. The maximum Gasteiger partial charge on any atom is 0.330 e. The van der Waals surface area contributed by atoms with Crippen LogP contribution < -0.4 is 20.7 Å². The van der Waals surface area contributed by atoms with Gasteiger partial charge in [0.2, 0.25) is 0 Å². The molecular weight excluding hydrogens is 484 g/mol. The maximum atomic E-state index is 13.1. The first kappa shape index (κ1) is 25.0. The van der Waals surface area contributed by atoms with E-state index in [0.717, 1.165) is 11.1 Å². The lowest BCUT2D eigenvalue weighted by molar-refractivity contribution is 0.187. The summed E-state index contributed by atoms with van der Waals surface area (Å²) in [6.45, 7) is 1.32. The second-order valence-electron chi connectivity index (χ2n) is 8.72. The first-order valence-corrected chi connectivity index (χ1v) is 12.2. The molecular formula is C29H28N4O5. The Bertz CT molecular complexity index is 1660. The van der Waals surface area contributed by atoms with E-state index in [1.54, 1.807) is 14.2 Å². The van der Waals surface area contributed by atoms with Gasteiger partial charge in [-0.25, -0.2) is 9.78 Å². The number of methoxy groups -OCH3 is 2. The number of hydrogen-bond acceptors (Lipinski definition) is 6. The van der Waals surface area contributed by atoms with E-state index in [0.29, 0.717) is 53.8 Å². The quantitative estimate of drug-likeness (QED) is 0.305. The molecule has 194 valence electrons. The van der Waals surface area contributed by atoms with E-state index in [2.05, 4.69) is 4.98 Å². The fourth-order valence-corrected chi connectivity index (χ4v) is 4.36. The Morgan fingerprint density at radius 2 is 1.55 bits per heavy atom. The molecule has 3 aromatic carbocycles. The molecule has 0 aliphatic heterocycles. The number of H-pyrrole nitrogens is 1. The molecule has 0 fully saturated rings. The molecule has 0 radical (unpaired) electrons. The lowest BCUT2D eigenvalue weighted by atomic mass is 10.1. The molecule has 2 heterocycles. The standard InChI is InChI=1S/C29H28N4O5/c1-36-16-15-32-27-25(28(34)31-29(32)35)33(18-20-9-5-3-6-10-20)26(30-27)22-13-14-23(24(17-22)37-2)38-19-21-11-7-4-8-12-21/h3-14,17H,15-16,18-19H2,1-2H3,(H,31,34,35). The first-order chi connectivity index (χ1) is 18.6. The Balaban J connectivity index is 1.63. The van der Waals surface area contributed by atoms with E-state index in [-0.39, 0.29) is 6.54 Å². The fourth-order valence-electron chi connectivity index (χ4n) is 4.36. The van der Waals surface area contributed by atoms with Gasteiger partial charge in [0, 0.05) is 19.2 Å². The topological polar surface area (TPSA) is 100 Å². The Morgan fingerprint density at radius 1 is 0.842 bits per heavy atom. The summed E-state index contributed by atoms with van der Waals surface area (Å²) < 4.78 is 20.1. The summed E-state index contributed by atoms with van der Waals surface area (Å²) in [6, 6.07) is 25.2. The summed E-state index contributed by atoms with van der Waals surface area (Å²) in [7, 11) is 3.13. The van der Waals surface area contributed by atoms with Gasteiger partial charge in [0.25, 0.3) is 5.56 Å². The van der Waals surface area contributed by atoms with E-state index < -0.39 is 11.2 Å². The van der Waals surface area contributed by atoms with Gasteiger partial charge < -0.3 is 18.8 Å². The minimum atomic E-state index is -0.530. The Hall–Kier alpha value is -4.63. The van der Waals surface area contributed by atoms with Crippen LogP contribution in [0.4, 0.5) is 0 Å². The molecule has 1 N–H and O–H groups in total. The summed E-state index contributed by atoms with van der Waals surface area (Å²) in [5, 5.41) is 0. The van der Waals surface area contributed by atoms with Gasteiger partial charge in [-0.15, -0.1) is 0 Å². The lowest BCUT2D eigenvalue weighted by Gasteiger charge is -2.13. The highest BCUT2D eigenvalue weighted by Crippen LogP contribution is 2.34. The molecule has 2 aromatic heterocycles. The zero-order valence-electron chi connectivity index (χ0n) is 21.2.